The summed E-state index contributed by atoms with van der Waals surface area (Å²) in [5, 5.41) is 20.4. The van der Waals surface area contributed by atoms with Crippen LogP contribution in [0.15, 0.2) is 42.5 Å². The molecule has 0 saturated carbocycles. The number of aromatic nitrogens is 3. The van der Waals surface area contributed by atoms with Gasteiger partial charge in [0.2, 0.25) is 5.95 Å². The van der Waals surface area contributed by atoms with Crippen molar-refractivity contribution >= 4 is 17.5 Å². The predicted octanol–water partition coefficient (Wildman–Crippen LogP) is 3.94. The van der Waals surface area contributed by atoms with Gasteiger partial charge in [0, 0.05) is 17.2 Å². The Morgan fingerprint density at radius 2 is 1.86 bits per heavy atom. The lowest BCUT2D eigenvalue weighted by Gasteiger charge is -2.18. The van der Waals surface area contributed by atoms with Crippen molar-refractivity contribution in [1.29, 1.82) is 0 Å². The number of ether oxygens (including phenoxy) is 1. The van der Waals surface area contributed by atoms with Gasteiger partial charge in [-0.25, -0.2) is 0 Å². The van der Waals surface area contributed by atoms with E-state index in [4.69, 9.17) is 4.74 Å². The molecule has 0 aliphatic rings. The predicted molar refractivity (Wildman–Crippen MR) is 108 cm³/mol. The molecule has 0 fully saturated rings. The Labute approximate surface area is 167 Å². The van der Waals surface area contributed by atoms with Crippen LogP contribution in [0.25, 0.3) is 11.4 Å². The molecule has 0 saturated heterocycles. The number of nitro benzene ring substituents is 1. The Morgan fingerprint density at radius 3 is 2.45 bits per heavy atom. The van der Waals surface area contributed by atoms with Crippen LogP contribution < -0.4 is 10.1 Å². The first-order valence-corrected chi connectivity index (χ1v) is 8.86. The topological polar surface area (TPSA) is 123 Å². The second-order valence-corrected chi connectivity index (χ2v) is 7.43. The molecule has 0 aliphatic heterocycles. The van der Waals surface area contributed by atoms with Crippen molar-refractivity contribution in [2.24, 2.45) is 0 Å². The average Bonchev–Trinajstić information content (AvgIpc) is 3.15. The van der Waals surface area contributed by atoms with Crippen LogP contribution >= 0.6 is 0 Å². The van der Waals surface area contributed by atoms with Crippen molar-refractivity contribution in [3.05, 3.63) is 63.7 Å². The summed E-state index contributed by atoms with van der Waals surface area (Å²) in [5.74, 6) is 0.0830. The Hall–Kier alpha value is -3.75. The van der Waals surface area contributed by atoms with E-state index in [1.54, 1.807) is 0 Å². The van der Waals surface area contributed by atoms with Gasteiger partial charge in [0.1, 0.15) is 0 Å². The summed E-state index contributed by atoms with van der Waals surface area (Å²) in [4.78, 5) is 27.2. The lowest BCUT2D eigenvalue weighted by molar-refractivity contribution is -0.385. The molecule has 2 aromatic carbocycles. The summed E-state index contributed by atoms with van der Waals surface area (Å²) in [7, 11) is 1.32. The molecule has 3 rings (SSSR count). The Balaban J connectivity index is 1.77. The number of nitro groups is 1. The minimum Gasteiger partial charge on any atom is -0.490 e. The number of rotatable bonds is 5. The second-order valence-electron chi connectivity index (χ2n) is 7.43. The Bertz CT molecular complexity index is 1050. The van der Waals surface area contributed by atoms with Crippen LogP contribution in [0.4, 0.5) is 11.6 Å². The summed E-state index contributed by atoms with van der Waals surface area (Å²) in [5.41, 5.74) is 1.86. The van der Waals surface area contributed by atoms with E-state index in [1.165, 1.54) is 24.8 Å². The molecule has 1 aromatic heterocycles. The second kappa shape index (κ2) is 7.70. The van der Waals surface area contributed by atoms with E-state index in [1.807, 2.05) is 24.3 Å². The van der Waals surface area contributed by atoms with Gasteiger partial charge in [-0.05, 0) is 23.1 Å². The summed E-state index contributed by atoms with van der Waals surface area (Å²) in [6.07, 6.45) is 0. The van der Waals surface area contributed by atoms with Gasteiger partial charge in [-0.15, -0.1) is 5.10 Å². The summed E-state index contributed by atoms with van der Waals surface area (Å²) < 4.78 is 4.94. The summed E-state index contributed by atoms with van der Waals surface area (Å²) >= 11 is 0. The van der Waals surface area contributed by atoms with Crippen LogP contribution in [0, 0.1) is 10.1 Å². The van der Waals surface area contributed by atoms with Gasteiger partial charge in [-0.3, -0.25) is 25.3 Å². The molecule has 29 heavy (non-hydrogen) atoms. The first-order valence-electron chi connectivity index (χ1n) is 8.86. The average molecular weight is 395 g/mol. The highest BCUT2D eigenvalue weighted by molar-refractivity contribution is 6.04. The monoisotopic (exact) mass is 395 g/mol. The molecule has 0 unspecified atom stereocenters. The normalized spacial score (nSPS) is 11.2. The molecule has 0 radical (unpaired) electrons. The fraction of sp³-hybridized carbons (Fsp3) is 0.250. The van der Waals surface area contributed by atoms with Gasteiger partial charge in [-0.1, -0.05) is 45.0 Å². The molecule has 9 heteroatoms. The van der Waals surface area contributed by atoms with Gasteiger partial charge >= 0.3 is 5.69 Å². The molecule has 0 bridgehead atoms. The zero-order chi connectivity index (χ0) is 21.2. The van der Waals surface area contributed by atoms with Crippen molar-refractivity contribution in [2.75, 3.05) is 12.4 Å². The SMILES string of the molecule is COc1ccc(C(=O)Nc2n[nH]c(-c3ccc(C(C)(C)C)cc3)n2)cc1[N+](=O)[O-]. The highest BCUT2D eigenvalue weighted by Crippen LogP contribution is 2.28. The van der Waals surface area contributed by atoms with Gasteiger partial charge in [0.25, 0.3) is 5.91 Å². The molecule has 1 heterocycles. The molecule has 9 nitrogen and oxygen atoms in total. The largest absolute Gasteiger partial charge is 0.490 e. The van der Waals surface area contributed by atoms with Crippen molar-refractivity contribution in [3.8, 4) is 17.1 Å². The minimum atomic E-state index is -0.609. The lowest BCUT2D eigenvalue weighted by atomic mass is 9.87. The number of anilines is 1. The number of nitrogens with zero attached hydrogens (tertiary/aromatic N) is 3. The number of methoxy groups -OCH3 is 1. The van der Waals surface area contributed by atoms with Crippen LogP contribution in [0.2, 0.25) is 0 Å². The number of hydrogen-bond acceptors (Lipinski definition) is 6. The van der Waals surface area contributed by atoms with E-state index in [-0.39, 0.29) is 28.4 Å². The van der Waals surface area contributed by atoms with Crippen molar-refractivity contribution in [3.63, 3.8) is 0 Å². The maximum Gasteiger partial charge on any atom is 0.311 e. The zero-order valence-electron chi connectivity index (χ0n) is 16.5. The summed E-state index contributed by atoms with van der Waals surface area (Å²) in [6.45, 7) is 6.40. The van der Waals surface area contributed by atoms with Crippen LogP contribution in [0.5, 0.6) is 5.75 Å². The quantitative estimate of drug-likeness (QED) is 0.498. The minimum absolute atomic E-state index is 0.0417. The van der Waals surface area contributed by atoms with Crippen LogP contribution in [0.3, 0.4) is 0 Å². The molecular weight excluding hydrogens is 374 g/mol. The van der Waals surface area contributed by atoms with E-state index in [0.29, 0.717) is 5.82 Å². The van der Waals surface area contributed by atoms with E-state index in [2.05, 4.69) is 41.3 Å². The smallest absolute Gasteiger partial charge is 0.311 e. The van der Waals surface area contributed by atoms with E-state index in [0.717, 1.165) is 11.6 Å². The number of amides is 1. The molecule has 150 valence electrons. The van der Waals surface area contributed by atoms with Crippen molar-refractivity contribution < 1.29 is 14.5 Å². The van der Waals surface area contributed by atoms with Gasteiger partial charge in [0.15, 0.2) is 11.6 Å². The molecule has 2 N–H and O–H groups in total. The number of carbonyl (C=O) groups excluding carboxylic acids is 1. The number of aromatic amines is 1. The molecule has 1 amide bonds. The molecule has 0 atom stereocenters. The molecule has 0 aliphatic carbocycles. The number of nitrogens with one attached hydrogen (secondary N) is 2. The van der Waals surface area contributed by atoms with E-state index < -0.39 is 10.8 Å². The standard InChI is InChI=1S/C20H21N5O4/c1-20(2,3)14-8-5-12(6-9-14)17-21-19(24-23-17)22-18(26)13-7-10-16(29-4)15(11-13)25(27)28/h5-11H,1-4H3,(H2,21,22,23,24,26). The maximum atomic E-state index is 12.4. The third-order valence-electron chi connectivity index (χ3n) is 4.37. The van der Waals surface area contributed by atoms with Gasteiger partial charge in [-0.2, -0.15) is 4.98 Å². The third-order valence-corrected chi connectivity index (χ3v) is 4.37. The maximum absolute atomic E-state index is 12.4. The van der Waals surface area contributed by atoms with Crippen LogP contribution in [0.1, 0.15) is 36.7 Å². The first-order chi connectivity index (χ1) is 13.7. The molecule has 3 aromatic rings. The Kier molecular flexibility index (Phi) is 5.31. The van der Waals surface area contributed by atoms with Crippen LogP contribution in [-0.4, -0.2) is 33.1 Å². The van der Waals surface area contributed by atoms with E-state index in [9.17, 15) is 14.9 Å². The number of H-pyrrole nitrogens is 1. The highest BCUT2D eigenvalue weighted by Gasteiger charge is 2.19. The zero-order valence-corrected chi connectivity index (χ0v) is 16.5. The van der Waals surface area contributed by atoms with Crippen molar-refractivity contribution in [2.45, 2.75) is 26.2 Å². The third kappa shape index (κ3) is 4.40. The first kappa shape index (κ1) is 20.0. The highest BCUT2D eigenvalue weighted by atomic mass is 16.6. The van der Waals surface area contributed by atoms with Gasteiger partial charge in [0.05, 0.1) is 12.0 Å². The Morgan fingerprint density at radius 1 is 1.17 bits per heavy atom. The fourth-order valence-electron chi connectivity index (χ4n) is 2.72. The number of benzene rings is 2. The number of carbonyl (C=O) groups is 1. The van der Waals surface area contributed by atoms with Crippen molar-refractivity contribution in [1.82, 2.24) is 15.2 Å². The molecular formula is C20H21N5O4. The van der Waals surface area contributed by atoms with E-state index >= 15 is 0 Å². The number of hydrogen-bond donors (Lipinski definition) is 2. The van der Waals surface area contributed by atoms with Gasteiger partial charge < -0.3 is 4.74 Å². The van der Waals surface area contributed by atoms with Crippen LogP contribution in [-0.2, 0) is 5.41 Å². The molecule has 0 spiro atoms. The lowest BCUT2D eigenvalue weighted by Crippen LogP contribution is -2.13. The fourth-order valence-corrected chi connectivity index (χ4v) is 2.72. The summed E-state index contributed by atoms with van der Waals surface area (Å²) in [6, 6.07) is 11.8.